The molecule has 2 aromatic carbocycles. The molecule has 0 spiro atoms. The van der Waals surface area contributed by atoms with Gasteiger partial charge in [0.15, 0.2) is 0 Å². The van der Waals surface area contributed by atoms with Crippen molar-refractivity contribution in [1.29, 1.82) is 0 Å². The molecule has 0 aliphatic carbocycles. The highest BCUT2D eigenvalue weighted by Crippen LogP contribution is 2.27. The van der Waals surface area contributed by atoms with Gasteiger partial charge in [-0.1, -0.05) is 24.3 Å². The van der Waals surface area contributed by atoms with Crippen LogP contribution in [0.1, 0.15) is 35.8 Å². The molecule has 0 radical (unpaired) electrons. The molecular weight excluding hydrogens is 388 g/mol. The number of imide groups is 2. The first-order chi connectivity index (χ1) is 14.5. The molecule has 4 amide bonds. The van der Waals surface area contributed by atoms with Crippen LogP contribution in [0.5, 0.6) is 11.5 Å². The molecule has 2 heterocycles. The van der Waals surface area contributed by atoms with Crippen LogP contribution in [-0.2, 0) is 19.2 Å². The molecule has 30 heavy (non-hydrogen) atoms. The minimum atomic E-state index is -0.439. The van der Waals surface area contributed by atoms with Crippen LogP contribution in [0.15, 0.2) is 48.5 Å². The molecule has 2 unspecified atom stereocenters. The van der Waals surface area contributed by atoms with Gasteiger partial charge >= 0.3 is 0 Å². The summed E-state index contributed by atoms with van der Waals surface area (Å²) in [5, 5.41) is 4.60. The Hall–Kier alpha value is -3.68. The van der Waals surface area contributed by atoms with E-state index in [9.17, 15) is 19.2 Å². The maximum Gasteiger partial charge on any atom is 0.234 e. The summed E-state index contributed by atoms with van der Waals surface area (Å²) in [6.07, 6.45) is 0.348. The molecule has 154 valence electrons. The first kappa shape index (κ1) is 19.6. The molecule has 2 N–H and O–H groups in total. The fourth-order valence-corrected chi connectivity index (χ4v) is 3.56. The van der Waals surface area contributed by atoms with Gasteiger partial charge in [-0.05, 0) is 35.4 Å². The molecule has 2 aliphatic heterocycles. The molecule has 0 saturated carbocycles. The number of amides is 4. The summed E-state index contributed by atoms with van der Waals surface area (Å²) in [7, 11) is 0. The van der Waals surface area contributed by atoms with Gasteiger partial charge in [0, 0.05) is 12.8 Å². The van der Waals surface area contributed by atoms with Crippen molar-refractivity contribution in [2.24, 2.45) is 0 Å². The van der Waals surface area contributed by atoms with Crippen molar-refractivity contribution in [1.82, 2.24) is 10.6 Å². The van der Waals surface area contributed by atoms with Gasteiger partial charge in [0.25, 0.3) is 0 Å². The van der Waals surface area contributed by atoms with Crippen LogP contribution < -0.4 is 20.1 Å². The zero-order valence-corrected chi connectivity index (χ0v) is 16.1. The van der Waals surface area contributed by atoms with E-state index in [1.54, 1.807) is 48.5 Å². The number of carbonyl (C=O) groups is 4. The maximum absolute atomic E-state index is 11.7. The largest absolute Gasteiger partial charge is 0.490 e. The zero-order valence-electron chi connectivity index (χ0n) is 16.1. The van der Waals surface area contributed by atoms with Gasteiger partial charge in [0.2, 0.25) is 23.6 Å². The smallest absolute Gasteiger partial charge is 0.234 e. The Morgan fingerprint density at radius 2 is 1.00 bits per heavy atom. The van der Waals surface area contributed by atoms with Crippen molar-refractivity contribution < 1.29 is 28.7 Å². The third kappa shape index (κ3) is 4.32. The molecule has 0 bridgehead atoms. The Bertz CT molecular complexity index is 902. The van der Waals surface area contributed by atoms with Gasteiger partial charge in [-0.15, -0.1) is 0 Å². The molecule has 2 fully saturated rings. The van der Waals surface area contributed by atoms with Crippen LogP contribution in [0.3, 0.4) is 0 Å². The predicted octanol–water partition coefficient (Wildman–Crippen LogP) is 1.40. The molecule has 2 atom stereocenters. The highest BCUT2D eigenvalue weighted by Gasteiger charge is 2.32. The van der Waals surface area contributed by atoms with Crippen molar-refractivity contribution in [2.45, 2.75) is 24.7 Å². The van der Waals surface area contributed by atoms with Crippen molar-refractivity contribution in [3.05, 3.63) is 59.7 Å². The molecule has 2 saturated heterocycles. The van der Waals surface area contributed by atoms with E-state index in [2.05, 4.69) is 10.6 Å². The normalized spacial score (nSPS) is 20.8. The van der Waals surface area contributed by atoms with Crippen LogP contribution in [0.2, 0.25) is 0 Å². The van der Waals surface area contributed by atoms with E-state index in [4.69, 9.17) is 9.47 Å². The molecule has 2 aliphatic rings. The fourth-order valence-electron chi connectivity index (χ4n) is 3.56. The van der Waals surface area contributed by atoms with Gasteiger partial charge in [-0.2, -0.15) is 0 Å². The van der Waals surface area contributed by atoms with Crippen molar-refractivity contribution in [3.63, 3.8) is 0 Å². The van der Waals surface area contributed by atoms with Gasteiger partial charge in [0.05, 0.1) is 11.8 Å². The summed E-state index contributed by atoms with van der Waals surface area (Å²) in [4.78, 5) is 46.1. The topological polar surface area (TPSA) is 111 Å². The van der Waals surface area contributed by atoms with Crippen LogP contribution in [0, 0.1) is 0 Å². The molecule has 8 heteroatoms. The van der Waals surface area contributed by atoms with E-state index >= 15 is 0 Å². The molecule has 0 aromatic heterocycles. The van der Waals surface area contributed by atoms with Crippen molar-refractivity contribution in [3.8, 4) is 11.5 Å². The van der Waals surface area contributed by atoms with E-state index in [0.717, 1.165) is 11.1 Å². The summed E-state index contributed by atoms with van der Waals surface area (Å²) in [5.41, 5.74) is 1.55. The van der Waals surface area contributed by atoms with Gasteiger partial charge < -0.3 is 9.47 Å². The fraction of sp³-hybridized carbons (Fsp3) is 0.273. The predicted molar refractivity (Wildman–Crippen MR) is 105 cm³/mol. The number of hydrogen-bond donors (Lipinski definition) is 2. The first-order valence-corrected chi connectivity index (χ1v) is 9.62. The summed E-state index contributed by atoms with van der Waals surface area (Å²) in [6.45, 7) is 0.645. The molecule has 2 aromatic rings. The average molecular weight is 408 g/mol. The summed E-state index contributed by atoms with van der Waals surface area (Å²) in [6, 6.07) is 14.2. The second-order valence-electron chi connectivity index (χ2n) is 7.17. The Labute approximate surface area is 172 Å². The number of benzene rings is 2. The van der Waals surface area contributed by atoms with Crippen molar-refractivity contribution >= 4 is 23.6 Å². The molecule has 4 rings (SSSR count). The third-order valence-corrected chi connectivity index (χ3v) is 5.12. The minimum absolute atomic E-state index is 0.174. The Morgan fingerprint density at radius 1 is 0.633 bits per heavy atom. The first-order valence-electron chi connectivity index (χ1n) is 9.62. The lowest BCUT2D eigenvalue weighted by Crippen LogP contribution is -2.21. The number of nitrogens with one attached hydrogen (secondary N) is 2. The van der Waals surface area contributed by atoms with Crippen LogP contribution in [0.25, 0.3) is 0 Å². The highest BCUT2D eigenvalue weighted by molar-refractivity contribution is 6.06. The number of carbonyl (C=O) groups excluding carboxylic acids is 4. The SMILES string of the molecule is O=C1CC(c2ccc(OCCOc3ccc(C4CC(=O)NC4=O)cc3)cc2)C(=O)N1. The van der Waals surface area contributed by atoms with E-state index in [-0.39, 0.29) is 36.5 Å². The Morgan fingerprint density at radius 3 is 1.30 bits per heavy atom. The van der Waals surface area contributed by atoms with Crippen molar-refractivity contribution in [2.75, 3.05) is 13.2 Å². The monoisotopic (exact) mass is 408 g/mol. The lowest BCUT2D eigenvalue weighted by Gasteiger charge is -2.11. The van der Waals surface area contributed by atoms with Crippen LogP contribution >= 0.6 is 0 Å². The summed E-state index contributed by atoms with van der Waals surface area (Å²) >= 11 is 0. The Kier molecular flexibility index (Phi) is 5.47. The van der Waals surface area contributed by atoms with Gasteiger partial charge in [-0.25, -0.2) is 0 Å². The van der Waals surface area contributed by atoms with Crippen LogP contribution in [-0.4, -0.2) is 36.8 Å². The number of hydrogen-bond acceptors (Lipinski definition) is 6. The number of ether oxygens (including phenoxy) is 2. The minimum Gasteiger partial charge on any atom is -0.490 e. The lowest BCUT2D eigenvalue weighted by molar-refractivity contribution is -0.126. The highest BCUT2D eigenvalue weighted by atomic mass is 16.5. The Balaban J connectivity index is 1.23. The maximum atomic E-state index is 11.7. The molecule has 8 nitrogen and oxygen atoms in total. The van der Waals surface area contributed by atoms with Gasteiger partial charge in [-0.3, -0.25) is 29.8 Å². The zero-order chi connectivity index (χ0) is 21.1. The van der Waals surface area contributed by atoms with Gasteiger partial charge in [0.1, 0.15) is 24.7 Å². The van der Waals surface area contributed by atoms with E-state index in [1.165, 1.54) is 0 Å². The van der Waals surface area contributed by atoms with Crippen LogP contribution in [0.4, 0.5) is 0 Å². The average Bonchev–Trinajstić information content (AvgIpc) is 3.26. The quantitative estimate of drug-likeness (QED) is 0.529. The van der Waals surface area contributed by atoms with E-state index in [0.29, 0.717) is 24.7 Å². The second-order valence-corrected chi connectivity index (χ2v) is 7.17. The third-order valence-electron chi connectivity index (χ3n) is 5.12. The standard InChI is InChI=1S/C22H20N2O6/c25-19-11-17(21(27)23-19)13-1-5-15(6-2-13)29-9-10-30-16-7-3-14(4-8-16)18-12-20(26)24-22(18)28/h1-8,17-18H,9-12H2,(H,23,25,27)(H,24,26,28). The lowest BCUT2D eigenvalue weighted by atomic mass is 9.98. The van der Waals surface area contributed by atoms with E-state index in [1.807, 2.05) is 0 Å². The number of rotatable bonds is 7. The summed E-state index contributed by atoms with van der Waals surface area (Å²) < 4.78 is 11.3. The molecular formula is C22H20N2O6. The summed E-state index contributed by atoms with van der Waals surface area (Å²) in [5.74, 6) is -0.649. The second kappa shape index (κ2) is 8.36. The van der Waals surface area contributed by atoms with E-state index < -0.39 is 11.8 Å².